The van der Waals surface area contributed by atoms with Gasteiger partial charge in [-0.3, -0.25) is 4.79 Å². The molecule has 1 heterocycles. The lowest BCUT2D eigenvalue weighted by Gasteiger charge is -2.38. The summed E-state index contributed by atoms with van der Waals surface area (Å²) in [5.74, 6) is 1.25. The third-order valence-corrected chi connectivity index (χ3v) is 4.19. The van der Waals surface area contributed by atoms with Crippen molar-refractivity contribution < 1.29 is 14.3 Å². The molecular formula is C18H28N2O3. The van der Waals surface area contributed by atoms with Crippen LogP contribution in [0.4, 0.5) is 0 Å². The summed E-state index contributed by atoms with van der Waals surface area (Å²) >= 11 is 0. The minimum Gasteiger partial charge on any atom is -0.493 e. The number of hydrogen-bond acceptors (Lipinski definition) is 4. The number of nitrogens with zero attached hydrogens (tertiary/aromatic N) is 1. The average Bonchev–Trinajstić information content (AvgIpc) is 2.54. The average molecular weight is 320 g/mol. The van der Waals surface area contributed by atoms with E-state index in [0.717, 1.165) is 25.8 Å². The Morgan fingerprint density at radius 2 is 2.00 bits per heavy atom. The number of rotatable bonds is 5. The Hall–Kier alpha value is -1.75. The molecule has 5 heteroatoms. The first-order valence-corrected chi connectivity index (χ1v) is 8.35. The number of carbonyl (C=O) groups excluding carboxylic acids is 1. The number of nitrogens with two attached hydrogens (primary N) is 1. The fourth-order valence-electron chi connectivity index (χ4n) is 3.07. The molecule has 1 amide bonds. The number of likely N-dealkylation sites (tertiary alicyclic amines) is 1. The van der Waals surface area contributed by atoms with Crippen LogP contribution in [0.25, 0.3) is 0 Å². The van der Waals surface area contributed by atoms with Crippen molar-refractivity contribution in [3.8, 4) is 11.5 Å². The first kappa shape index (κ1) is 17.6. The van der Waals surface area contributed by atoms with Crippen molar-refractivity contribution in [1.29, 1.82) is 0 Å². The van der Waals surface area contributed by atoms with E-state index in [-0.39, 0.29) is 24.1 Å². The van der Waals surface area contributed by atoms with Gasteiger partial charge < -0.3 is 20.1 Å². The summed E-state index contributed by atoms with van der Waals surface area (Å²) in [7, 11) is 1.59. The van der Waals surface area contributed by atoms with Crippen molar-refractivity contribution in [1.82, 2.24) is 4.90 Å². The highest BCUT2D eigenvalue weighted by Gasteiger charge is 2.30. The van der Waals surface area contributed by atoms with Crippen LogP contribution in [-0.4, -0.2) is 42.6 Å². The van der Waals surface area contributed by atoms with Crippen molar-refractivity contribution >= 4 is 5.91 Å². The molecule has 0 radical (unpaired) electrons. The highest BCUT2D eigenvalue weighted by Crippen LogP contribution is 2.30. The summed E-state index contributed by atoms with van der Waals surface area (Å²) in [5, 5.41) is 0. The normalized spacial score (nSPS) is 19.6. The van der Waals surface area contributed by atoms with E-state index < -0.39 is 0 Å². The molecule has 2 rings (SSSR count). The summed E-state index contributed by atoms with van der Waals surface area (Å²) in [6.07, 6.45) is 3.17. The van der Waals surface area contributed by atoms with Crippen molar-refractivity contribution in [3.05, 3.63) is 23.8 Å². The Kier molecular flexibility index (Phi) is 5.88. The van der Waals surface area contributed by atoms with E-state index >= 15 is 0 Å². The fourth-order valence-corrected chi connectivity index (χ4v) is 3.07. The molecule has 5 nitrogen and oxygen atoms in total. The number of carbonyl (C=O) groups is 1. The maximum Gasteiger partial charge on any atom is 0.254 e. The van der Waals surface area contributed by atoms with Crippen LogP contribution in [0.15, 0.2) is 18.2 Å². The van der Waals surface area contributed by atoms with E-state index in [9.17, 15) is 4.79 Å². The van der Waals surface area contributed by atoms with Gasteiger partial charge in [-0.25, -0.2) is 0 Å². The van der Waals surface area contributed by atoms with Gasteiger partial charge in [-0.1, -0.05) is 0 Å². The Morgan fingerprint density at radius 3 is 2.61 bits per heavy atom. The van der Waals surface area contributed by atoms with Crippen LogP contribution in [0.3, 0.4) is 0 Å². The molecule has 2 atom stereocenters. The van der Waals surface area contributed by atoms with Crippen LogP contribution in [-0.2, 0) is 0 Å². The predicted octanol–water partition coefficient (Wildman–Crippen LogP) is 2.82. The van der Waals surface area contributed by atoms with E-state index in [1.807, 2.05) is 25.7 Å². The molecule has 1 aromatic carbocycles. The number of hydrogen-bond donors (Lipinski definition) is 1. The van der Waals surface area contributed by atoms with Crippen LogP contribution in [0.2, 0.25) is 0 Å². The fraction of sp³-hybridized carbons (Fsp3) is 0.611. The lowest BCUT2D eigenvalue weighted by molar-refractivity contribution is 0.0583. The van der Waals surface area contributed by atoms with Gasteiger partial charge >= 0.3 is 0 Å². The second-order valence-electron chi connectivity index (χ2n) is 6.45. The predicted molar refractivity (Wildman–Crippen MR) is 91.1 cm³/mol. The zero-order chi connectivity index (χ0) is 17.0. The Bertz CT molecular complexity index is 543. The Balaban J connectivity index is 2.24. The molecule has 1 aromatic rings. The van der Waals surface area contributed by atoms with Gasteiger partial charge in [0.05, 0.1) is 13.2 Å². The third kappa shape index (κ3) is 4.16. The topological polar surface area (TPSA) is 64.8 Å². The summed E-state index contributed by atoms with van der Waals surface area (Å²) in [5.41, 5.74) is 6.69. The van der Waals surface area contributed by atoms with Crippen molar-refractivity contribution in [2.75, 3.05) is 13.7 Å². The van der Waals surface area contributed by atoms with Gasteiger partial charge in [-0.2, -0.15) is 0 Å². The van der Waals surface area contributed by atoms with Crippen LogP contribution < -0.4 is 15.2 Å². The molecule has 1 aliphatic heterocycles. The smallest absolute Gasteiger partial charge is 0.254 e. The van der Waals surface area contributed by atoms with Gasteiger partial charge in [0.25, 0.3) is 5.91 Å². The van der Waals surface area contributed by atoms with Crippen LogP contribution in [0.5, 0.6) is 11.5 Å². The van der Waals surface area contributed by atoms with Crippen molar-refractivity contribution in [3.63, 3.8) is 0 Å². The number of amides is 1. The van der Waals surface area contributed by atoms with Gasteiger partial charge in [-0.05, 0) is 58.2 Å². The van der Waals surface area contributed by atoms with E-state index in [2.05, 4.69) is 0 Å². The van der Waals surface area contributed by atoms with E-state index in [4.69, 9.17) is 15.2 Å². The molecule has 1 fully saturated rings. The molecule has 1 aliphatic rings. The highest BCUT2D eigenvalue weighted by atomic mass is 16.5. The van der Waals surface area contributed by atoms with Crippen molar-refractivity contribution in [2.24, 2.45) is 5.73 Å². The standard InChI is InChI=1S/C18H28N2O3/c1-12(2)23-16-9-8-14(11-17(16)22-4)18(21)20-10-6-5-7-15(20)13(3)19/h8-9,11-13,15H,5-7,10,19H2,1-4H3/t13-,15+/m1/s1. The number of piperidine rings is 1. The second-order valence-corrected chi connectivity index (χ2v) is 6.45. The van der Waals surface area contributed by atoms with Crippen LogP contribution in [0.1, 0.15) is 50.4 Å². The summed E-state index contributed by atoms with van der Waals surface area (Å²) in [6, 6.07) is 5.44. The minimum absolute atomic E-state index is 0.0152. The molecule has 0 spiro atoms. The molecule has 1 saturated heterocycles. The number of ether oxygens (including phenoxy) is 2. The van der Waals surface area contributed by atoms with Gasteiger partial charge in [0.15, 0.2) is 11.5 Å². The van der Waals surface area contributed by atoms with E-state index in [1.165, 1.54) is 0 Å². The lowest BCUT2D eigenvalue weighted by Crippen LogP contribution is -2.51. The van der Waals surface area contributed by atoms with Crippen LogP contribution >= 0.6 is 0 Å². The summed E-state index contributed by atoms with van der Waals surface area (Å²) in [4.78, 5) is 14.8. The molecule has 0 aliphatic carbocycles. The van der Waals surface area contributed by atoms with E-state index in [0.29, 0.717) is 17.1 Å². The van der Waals surface area contributed by atoms with E-state index in [1.54, 1.807) is 25.3 Å². The van der Waals surface area contributed by atoms with Gasteiger partial charge in [0.1, 0.15) is 0 Å². The molecule has 2 N–H and O–H groups in total. The van der Waals surface area contributed by atoms with Crippen LogP contribution in [0, 0.1) is 0 Å². The van der Waals surface area contributed by atoms with Gasteiger partial charge in [0, 0.05) is 24.2 Å². The van der Waals surface area contributed by atoms with Crippen molar-refractivity contribution in [2.45, 2.75) is 58.2 Å². The molecule has 0 saturated carbocycles. The highest BCUT2D eigenvalue weighted by molar-refractivity contribution is 5.95. The Labute approximate surface area is 138 Å². The molecule has 0 aromatic heterocycles. The zero-order valence-corrected chi connectivity index (χ0v) is 14.5. The molecule has 23 heavy (non-hydrogen) atoms. The second kappa shape index (κ2) is 7.68. The van der Waals surface area contributed by atoms with Gasteiger partial charge in [0.2, 0.25) is 0 Å². The number of benzene rings is 1. The van der Waals surface area contributed by atoms with Gasteiger partial charge in [-0.15, -0.1) is 0 Å². The molecule has 128 valence electrons. The molecule has 0 unspecified atom stereocenters. The first-order valence-electron chi connectivity index (χ1n) is 8.35. The minimum atomic E-state index is -0.0234. The number of methoxy groups -OCH3 is 1. The zero-order valence-electron chi connectivity index (χ0n) is 14.5. The monoisotopic (exact) mass is 320 g/mol. The SMILES string of the molecule is COc1cc(C(=O)N2CCCC[C@H]2[C@@H](C)N)ccc1OC(C)C. The third-order valence-electron chi connectivity index (χ3n) is 4.19. The first-order chi connectivity index (χ1) is 10.9. The molecular weight excluding hydrogens is 292 g/mol. The maximum atomic E-state index is 12.9. The largest absolute Gasteiger partial charge is 0.493 e. The Morgan fingerprint density at radius 1 is 1.26 bits per heavy atom. The summed E-state index contributed by atoms with van der Waals surface area (Å²) in [6.45, 7) is 6.65. The maximum absolute atomic E-state index is 12.9. The quantitative estimate of drug-likeness (QED) is 0.906. The lowest BCUT2D eigenvalue weighted by atomic mass is 9.96. The molecule has 0 bridgehead atoms. The summed E-state index contributed by atoms with van der Waals surface area (Å²) < 4.78 is 11.1.